The molecule has 1 aliphatic heterocycles. The number of nitrogen functional groups attached to an aromatic ring is 1. The largest absolute Gasteiger partial charge is 0.398 e. The van der Waals surface area contributed by atoms with Gasteiger partial charge in [0.25, 0.3) is 5.91 Å². The van der Waals surface area contributed by atoms with Crippen molar-refractivity contribution in [2.24, 2.45) is 11.7 Å². The Hall–Kier alpha value is -2.04. The summed E-state index contributed by atoms with van der Waals surface area (Å²) in [6.07, 6.45) is 1.54. The molecule has 0 aliphatic carbocycles. The number of amides is 2. The molecule has 0 aromatic heterocycles. The molecule has 2 amide bonds. The van der Waals surface area contributed by atoms with Crippen molar-refractivity contribution >= 4 is 17.5 Å². The number of piperidine rings is 1. The Bertz CT molecular complexity index is 583. The van der Waals surface area contributed by atoms with E-state index in [0.717, 1.165) is 24.0 Å². The molecule has 21 heavy (non-hydrogen) atoms. The average Bonchev–Trinajstić information content (AvgIpc) is 2.42. The number of nitrogens with zero attached hydrogens (tertiary/aromatic N) is 1. The molecule has 0 saturated carbocycles. The first kappa shape index (κ1) is 15.4. The Labute approximate surface area is 125 Å². The number of aryl methyl sites for hydroxylation is 2. The van der Waals surface area contributed by atoms with Crippen LogP contribution in [-0.4, -0.2) is 29.3 Å². The molecule has 1 aromatic rings. The van der Waals surface area contributed by atoms with Crippen LogP contribution in [0, 0.1) is 19.8 Å². The minimum atomic E-state index is -0.333. The van der Waals surface area contributed by atoms with Gasteiger partial charge in [0.05, 0.1) is 5.92 Å². The van der Waals surface area contributed by atoms with E-state index in [1.807, 2.05) is 26.8 Å². The SMILES string of the molecule is Cc1cc(C)c(C(=O)N2CC(C(N)=O)CCC2C)cc1N. The Morgan fingerprint density at radius 1 is 1.19 bits per heavy atom. The van der Waals surface area contributed by atoms with Gasteiger partial charge in [0.15, 0.2) is 0 Å². The van der Waals surface area contributed by atoms with Crippen LogP contribution in [0.15, 0.2) is 12.1 Å². The van der Waals surface area contributed by atoms with Gasteiger partial charge in [-0.25, -0.2) is 0 Å². The second kappa shape index (κ2) is 5.76. The summed E-state index contributed by atoms with van der Waals surface area (Å²) in [5.41, 5.74) is 14.4. The van der Waals surface area contributed by atoms with E-state index < -0.39 is 0 Å². The third-order valence-electron chi connectivity index (χ3n) is 4.39. The van der Waals surface area contributed by atoms with Crippen molar-refractivity contribution in [1.29, 1.82) is 0 Å². The molecular weight excluding hydrogens is 266 g/mol. The summed E-state index contributed by atoms with van der Waals surface area (Å²) in [6.45, 7) is 6.22. The van der Waals surface area contributed by atoms with Gasteiger partial charge in [-0.15, -0.1) is 0 Å². The minimum Gasteiger partial charge on any atom is -0.398 e. The van der Waals surface area contributed by atoms with Crippen LogP contribution < -0.4 is 11.5 Å². The highest BCUT2D eigenvalue weighted by atomic mass is 16.2. The molecule has 1 aromatic carbocycles. The second-order valence-electron chi connectivity index (χ2n) is 6.01. The first-order chi connectivity index (χ1) is 9.81. The van der Waals surface area contributed by atoms with Crippen molar-refractivity contribution in [3.63, 3.8) is 0 Å². The third kappa shape index (κ3) is 3.01. The van der Waals surface area contributed by atoms with Gasteiger partial charge in [-0.3, -0.25) is 9.59 Å². The average molecular weight is 289 g/mol. The number of carbonyl (C=O) groups excluding carboxylic acids is 2. The molecule has 1 fully saturated rings. The van der Waals surface area contributed by atoms with Crippen LogP contribution in [0.5, 0.6) is 0 Å². The van der Waals surface area contributed by atoms with Gasteiger partial charge < -0.3 is 16.4 Å². The highest BCUT2D eigenvalue weighted by Crippen LogP contribution is 2.26. The van der Waals surface area contributed by atoms with Gasteiger partial charge in [0, 0.05) is 23.8 Å². The van der Waals surface area contributed by atoms with Crippen molar-refractivity contribution in [3.8, 4) is 0 Å². The fourth-order valence-corrected chi connectivity index (χ4v) is 2.88. The lowest BCUT2D eigenvalue weighted by atomic mass is 9.91. The highest BCUT2D eigenvalue weighted by molar-refractivity contribution is 5.97. The lowest BCUT2D eigenvalue weighted by molar-refractivity contribution is -0.123. The zero-order chi connectivity index (χ0) is 15.7. The molecule has 2 atom stereocenters. The maximum atomic E-state index is 12.8. The number of carbonyl (C=O) groups is 2. The Morgan fingerprint density at radius 3 is 2.48 bits per heavy atom. The third-order valence-corrected chi connectivity index (χ3v) is 4.39. The Kier molecular flexibility index (Phi) is 4.21. The number of benzene rings is 1. The summed E-state index contributed by atoms with van der Waals surface area (Å²) in [7, 11) is 0. The maximum Gasteiger partial charge on any atom is 0.254 e. The molecule has 2 rings (SSSR count). The predicted molar refractivity (Wildman–Crippen MR) is 82.7 cm³/mol. The molecule has 1 heterocycles. The molecule has 2 unspecified atom stereocenters. The molecule has 5 heteroatoms. The molecule has 0 spiro atoms. The Morgan fingerprint density at radius 2 is 1.86 bits per heavy atom. The van der Waals surface area contributed by atoms with Crippen molar-refractivity contribution in [1.82, 2.24) is 4.90 Å². The standard InChI is InChI=1S/C16H23N3O2/c1-9-6-10(2)14(17)7-13(9)16(21)19-8-12(15(18)20)5-4-11(19)3/h6-7,11-12H,4-5,8,17H2,1-3H3,(H2,18,20). The molecule has 0 bridgehead atoms. The van der Waals surface area contributed by atoms with Gasteiger partial charge in [-0.05, 0) is 50.8 Å². The van der Waals surface area contributed by atoms with E-state index in [4.69, 9.17) is 11.5 Å². The summed E-state index contributed by atoms with van der Waals surface area (Å²) in [5, 5.41) is 0. The smallest absolute Gasteiger partial charge is 0.254 e. The predicted octanol–water partition coefficient (Wildman–Crippen LogP) is 1.61. The van der Waals surface area contributed by atoms with Gasteiger partial charge in [0.2, 0.25) is 5.91 Å². The van der Waals surface area contributed by atoms with Crippen molar-refractivity contribution in [3.05, 3.63) is 28.8 Å². The van der Waals surface area contributed by atoms with Crippen LogP contribution in [0.3, 0.4) is 0 Å². The van der Waals surface area contributed by atoms with E-state index in [1.165, 1.54) is 0 Å². The van der Waals surface area contributed by atoms with Crippen LogP contribution in [0.25, 0.3) is 0 Å². The second-order valence-corrected chi connectivity index (χ2v) is 6.01. The molecular formula is C16H23N3O2. The monoisotopic (exact) mass is 289 g/mol. The fraction of sp³-hybridized carbons (Fsp3) is 0.500. The first-order valence-electron chi connectivity index (χ1n) is 7.28. The van der Waals surface area contributed by atoms with Gasteiger partial charge in [-0.1, -0.05) is 6.07 Å². The van der Waals surface area contributed by atoms with E-state index in [1.54, 1.807) is 11.0 Å². The lowest BCUT2D eigenvalue weighted by Gasteiger charge is -2.37. The van der Waals surface area contributed by atoms with Gasteiger partial charge >= 0.3 is 0 Å². The molecule has 114 valence electrons. The lowest BCUT2D eigenvalue weighted by Crippen LogP contribution is -2.48. The minimum absolute atomic E-state index is 0.0716. The van der Waals surface area contributed by atoms with Gasteiger partial charge in [-0.2, -0.15) is 0 Å². The van der Waals surface area contributed by atoms with E-state index in [-0.39, 0.29) is 23.8 Å². The van der Waals surface area contributed by atoms with Crippen molar-refractivity contribution in [2.75, 3.05) is 12.3 Å². The van der Waals surface area contributed by atoms with Crippen molar-refractivity contribution < 1.29 is 9.59 Å². The molecule has 5 nitrogen and oxygen atoms in total. The van der Waals surface area contributed by atoms with Crippen LogP contribution in [0.2, 0.25) is 0 Å². The number of likely N-dealkylation sites (tertiary alicyclic amines) is 1. The van der Waals surface area contributed by atoms with E-state index in [2.05, 4.69) is 0 Å². The number of anilines is 1. The van der Waals surface area contributed by atoms with Crippen LogP contribution >= 0.6 is 0 Å². The molecule has 1 aliphatic rings. The molecule has 0 radical (unpaired) electrons. The number of nitrogens with two attached hydrogens (primary N) is 2. The Balaban J connectivity index is 2.30. The van der Waals surface area contributed by atoms with E-state index in [0.29, 0.717) is 17.8 Å². The summed E-state index contributed by atoms with van der Waals surface area (Å²) in [5.74, 6) is -0.661. The summed E-state index contributed by atoms with van der Waals surface area (Å²) >= 11 is 0. The van der Waals surface area contributed by atoms with E-state index in [9.17, 15) is 9.59 Å². The van der Waals surface area contributed by atoms with Crippen molar-refractivity contribution in [2.45, 2.75) is 39.7 Å². The molecule has 4 N–H and O–H groups in total. The highest BCUT2D eigenvalue weighted by Gasteiger charge is 2.32. The number of hydrogen-bond acceptors (Lipinski definition) is 3. The zero-order valence-corrected chi connectivity index (χ0v) is 12.8. The molecule has 1 saturated heterocycles. The first-order valence-corrected chi connectivity index (χ1v) is 7.28. The number of rotatable bonds is 2. The maximum absolute atomic E-state index is 12.8. The summed E-state index contributed by atoms with van der Waals surface area (Å²) in [6, 6.07) is 3.76. The topological polar surface area (TPSA) is 89.4 Å². The van der Waals surface area contributed by atoms with Gasteiger partial charge in [0.1, 0.15) is 0 Å². The quantitative estimate of drug-likeness (QED) is 0.811. The normalized spacial score (nSPS) is 22.1. The number of primary amides is 1. The van der Waals surface area contributed by atoms with Crippen LogP contribution in [0.4, 0.5) is 5.69 Å². The summed E-state index contributed by atoms with van der Waals surface area (Å²) in [4.78, 5) is 25.9. The van der Waals surface area contributed by atoms with Crippen LogP contribution in [0.1, 0.15) is 41.3 Å². The zero-order valence-electron chi connectivity index (χ0n) is 12.8. The number of hydrogen-bond donors (Lipinski definition) is 2. The summed E-state index contributed by atoms with van der Waals surface area (Å²) < 4.78 is 0. The fourth-order valence-electron chi connectivity index (χ4n) is 2.88. The van der Waals surface area contributed by atoms with Crippen LogP contribution in [-0.2, 0) is 4.79 Å². The van der Waals surface area contributed by atoms with E-state index >= 15 is 0 Å².